The molecular formula is C10H15ClN2OS. The van der Waals surface area contributed by atoms with E-state index in [1.165, 1.54) is 0 Å². The molecule has 84 valence electrons. The second kappa shape index (κ2) is 5.27. The highest BCUT2D eigenvalue weighted by atomic mass is 35.5. The zero-order valence-corrected chi connectivity index (χ0v) is 9.98. The van der Waals surface area contributed by atoms with E-state index in [9.17, 15) is 0 Å². The fourth-order valence-electron chi connectivity index (χ4n) is 1.91. The first-order valence-electron chi connectivity index (χ1n) is 5.08. The smallest absolute Gasteiger partial charge is 0.0571 e. The maximum absolute atomic E-state index is 6.08. The van der Waals surface area contributed by atoms with E-state index >= 15 is 0 Å². The Morgan fingerprint density at radius 3 is 3.13 bits per heavy atom. The Morgan fingerprint density at radius 1 is 1.73 bits per heavy atom. The van der Waals surface area contributed by atoms with Crippen molar-refractivity contribution in [3.05, 3.63) is 21.3 Å². The fraction of sp³-hybridized carbons (Fsp3) is 0.600. The van der Waals surface area contributed by atoms with Gasteiger partial charge >= 0.3 is 0 Å². The van der Waals surface area contributed by atoms with Crippen molar-refractivity contribution in [2.24, 2.45) is 11.8 Å². The lowest BCUT2D eigenvalue weighted by Gasteiger charge is -2.18. The van der Waals surface area contributed by atoms with Gasteiger partial charge in [-0.25, -0.2) is 0 Å². The molecule has 2 heterocycles. The molecule has 0 spiro atoms. The van der Waals surface area contributed by atoms with Crippen LogP contribution in [0.5, 0.6) is 0 Å². The maximum Gasteiger partial charge on any atom is 0.0571 e. The zero-order valence-electron chi connectivity index (χ0n) is 8.41. The number of nitrogens with one attached hydrogen (secondary N) is 1. The Bertz CT molecular complexity index is 312. The van der Waals surface area contributed by atoms with Gasteiger partial charge in [0.05, 0.1) is 11.1 Å². The van der Waals surface area contributed by atoms with E-state index in [4.69, 9.17) is 22.2 Å². The summed E-state index contributed by atoms with van der Waals surface area (Å²) >= 11 is 7.73. The number of thiophene rings is 1. The van der Waals surface area contributed by atoms with Crippen LogP contribution in [0.25, 0.3) is 0 Å². The highest BCUT2D eigenvalue weighted by molar-refractivity contribution is 7.10. The number of nitrogens with two attached hydrogens (primary N) is 1. The molecule has 3 N–H and O–H groups in total. The number of hydrogen-bond donors (Lipinski definition) is 2. The van der Waals surface area contributed by atoms with Crippen molar-refractivity contribution in [2.45, 2.75) is 18.9 Å². The van der Waals surface area contributed by atoms with Gasteiger partial charge in [0.2, 0.25) is 0 Å². The zero-order chi connectivity index (χ0) is 10.7. The van der Waals surface area contributed by atoms with Crippen LogP contribution in [0.1, 0.15) is 23.8 Å². The van der Waals surface area contributed by atoms with Crippen molar-refractivity contribution < 1.29 is 4.74 Å². The van der Waals surface area contributed by atoms with Gasteiger partial charge in [-0.2, -0.15) is 0 Å². The summed E-state index contributed by atoms with van der Waals surface area (Å²) in [4.78, 5) is 1.13. The Kier molecular flexibility index (Phi) is 3.99. The van der Waals surface area contributed by atoms with Crippen LogP contribution in [0.15, 0.2) is 11.4 Å². The topological polar surface area (TPSA) is 47.3 Å². The number of hydrogen-bond acceptors (Lipinski definition) is 4. The van der Waals surface area contributed by atoms with Gasteiger partial charge in [0, 0.05) is 18.1 Å². The van der Waals surface area contributed by atoms with Crippen LogP contribution in [-0.2, 0) is 4.74 Å². The molecule has 1 fully saturated rings. The SMILES string of the molecule is NNC(CC1CCOC1)c1sccc1Cl. The highest BCUT2D eigenvalue weighted by Gasteiger charge is 2.23. The standard InChI is InChI=1S/C10H15ClN2OS/c11-8-2-4-15-10(8)9(13-12)5-7-1-3-14-6-7/h2,4,7,9,13H,1,3,5-6,12H2. The predicted molar refractivity (Wildman–Crippen MR) is 62.9 cm³/mol. The molecule has 3 nitrogen and oxygen atoms in total. The number of ether oxygens (including phenoxy) is 1. The summed E-state index contributed by atoms with van der Waals surface area (Å²) in [6.45, 7) is 1.72. The summed E-state index contributed by atoms with van der Waals surface area (Å²) in [6.07, 6.45) is 2.12. The average molecular weight is 247 g/mol. The quantitative estimate of drug-likeness (QED) is 0.633. The minimum absolute atomic E-state index is 0.157. The van der Waals surface area contributed by atoms with Crippen LogP contribution in [0.4, 0.5) is 0 Å². The molecule has 2 atom stereocenters. The van der Waals surface area contributed by atoms with Crippen molar-refractivity contribution in [3.63, 3.8) is 0 Å². The first-order valence-corrected chi connectivity index (χ1v) is 6.33. The van der Waals surface area contributed by atoms with Gasteiger partial charge in [-0.3, -0.25) is 11.3 Å². The summed E-state index contributed by atoms with van der Waals surface area (Å²) in [5.41, 5.74) is 2.84. The van der Waals surface area contributed by atoms with Crippen LogP contribution in [0.3, 0.4) is 0 Å². The molecule has 15 heavy (non-hydrogen) atoms. The van der Waals surface area contributed by atoms with E-state index in [0.717, 1.165) is 36.0 Å². The van der Waals surface area contributed by atoms with E-state index in [1.807, 2.05) is 11.4 Å². The normalized spacial score (nSPS) is 23.2. The number of rotatable bonds is 4. The van der Waals surface area contributed by atoms with Gasteiger partial charge in [-0.15, -0.1) is 11.3 Å². The Morgan fingerprint density at radius 2 is 2.60 bits per heavy atom. The first-order chi connectivity index (χ1) is 7.31. The second-order valence-electron chi connectivity index (χ2n) is 3.82. The molecule has 0 saturated carbocycles. The molecule has 0 bridgehead atoms. The Hall–Kier alpha value is -0.130. The third kappa shape index (κ3) is 2.71. The van der Waals surface area contributed by atoms with E-state index in [2.05, 4.69) is 5.43 Å². The Balaban J connectivity index is 2.00. The van der Waals surface area contributed by atoms with Crippen LogP contribution < -0.4 is 11.3 Å². The summed E-state index contributed by atoms with van der Waals surface area (Å²) in [5, 5.41) is 2.80. The minimum atomic E-state index is 0.157. The van der Waals surface area contributed by atoms with E-state index < -0.39 is 0 Å². The molecule has 1 aliphatic rings. The van der Waals surface area contributed by atoms with Crippen molar-refractivity contribution in [1.82, 2.24) is 5.43 Å². The molecule has 1 aromatic heterocycles. The summed E-state index contributed by atoms with van der Waals surface area (Å²) < 4.78 is 5.35. The Labute approximate surface area is 98.5 Å². The first kappa shape index (κ1) is 11.4. The molecule has 0 radical (unpaired) electrons. The van der Waals surface area contributed by atoms with E-state index in [0.29, 0.717) is 5.92 Å². The molecule has 0 aliphatic carbocycles. The molecule has 1 aromatic rings. The lowest BCUT2D eigenvalue weighted by molar-refractivity contribution is 0.181. The lowest BCUT2D eigenvalue weighted by Crippen LogP contribution is -2.29. The van der Waals surface area contributed by atoms with Crippen molar-refractivity contribution >= 4 is 22.9 Å². The van der Waals surface area contributed by atoms with Crippen molar-refractivity contribution in [3.8, 4) is 0 Å². The monoisotopic (exact) mass is 246 g/mol. The van der Waals surface area contributed by atoms with Gasteiger partial charge in [-0.1, -0.05) is 11.6 Å². The highest BCUT2D eigenvalue weighted by Crippen LogP contribution is 2.33. The average Bonchev–Trinajstić information content (AvgIpc) is 2.85. The third-order valence-corrected chi connectivity index (χ3v) is 4.23. The molecule has 2 unspecified atom stereocenters. The maximum atomic E-state index is 6.08. The van der Waals surface area contributed by atoms with Crippen molar-refractivity contribution in [2.75, 3.05) is 13.2 Å². The minimum Gasteiger partial charge on any atom is -0.381 e. The van der Waals surface area contributed by atoms with E-state index in [-0.39, 0.29) is 6.04 Å². The van der Waals surface area contributed by atoms with Gasteiger partial charge in [0.1, 0.15) is 0 Å². The number of hydrazine groups is 1. The van der Waals surface area contributed by atoms with E-state index in [1.54, 1.807) is 11.3 Å². The predicted octanol–water partition coefficient (Wildman–Crippen LogP) is 2.33. The molecule has 1 saturated heterocycles. The lowest BCUT2D eigenvalue weighted by atomic mass is 9.99. The molecule has 5 heteroatoms. The molecule has 0 aromatic carbocycles. The van der Waals surface area contributed by atoms with Crippen LogP contribution in [0, 0.1) is 5.92 Å². The molecular weight excluding hydrogens is 232 g/mol. The van der Waals surface area contributed by atoms with Crippen LogP contribution in [-0.4, -0.2) is 13.2 Å². The molecule has 0 amide bonds. The van der Waals surface area contributed by atoms with Gasteiger partial charge in [0.15, 0.2) is 0 Å². The van der Waals surface area contributed by atoms with Gasteiger partial charge < -0.3 is 4.74 Å². The molecule has 2 rings (SSSR count). The van der Waals surface area contributed by atoms with Gasteiger partial charge in [0.25, 0.3) is 0 Å². The van der Waals surface area contributed by atoms with Gasteiger partial charge in [-0.05, 0) is 30.2 Å². The summed E-state index contributed by atoms with van der Waals surface area (Å²) in [7, 11) is 0. The van der Waals surface area contributed by atoms with Crippen LogP contribution in [0.2, 0.25) is 5.02 Å². The van der Waals surface area contributed by atoms with Crippen LogP contribution >= 0.6 is 22.9 Å². The fourth-order valence-corrected chi connectivity index (χ4v) is 3.17. The summed E-state index contributed by atoms with van der Waals surface area (Å²) in [5.74, 6) is 6.17. The second-order valence-corrected chi connectivity index (χ2v) is 5.17. The third-order valence-electron chi connectivity index (χ3n) is 2.76. The largest absolute Gasteiger partial charge is 0.381 e. The van der Waals surface area contributed by atoms with Crippen molar-refractivity contribution in [1.29, 1.82) is 0 Å². The summed E-state index contributed by atoms with van der Waals surface area (Å²) in [6, 6.07) is 2.07. The number of halogens is 1. The molecule has 1 aliphatic heterocycles.